The molecule has 0 spiro atoms. The number of nitro benzene ring substituents is 1. The van der Waals surface area contributed by atoms with Gasteiger partial charge in [0.1, 0.15) is 23.2 Å². The Morgan fingerprint density at radius 3 is 2.35 bits per heavy atom. The van der Waals surface area contributed by atoms with E-state index in [0.717, 1.165) is 0 Å². The SMILES string of the molecule is N#CC(=Cc1ccc(-c2ccc([N+](=O)[O-])cc2)o1)C(=O)c1ccccc1. The topological polar surface area (TPSA) is 97.1 Å². The fraction of sp³-hybridized carbons (Fsp3) is 0. The highest BCUT2D eigenvalue weighted by molar-refractivity contribution is 6.13. The first-order valence-electron chi connectivity index (χ1n) is 7.64. The van der Waals surface area contributed by atoms with Crippen molar-refractivity contribution in [2.45, 2.75) is 0 Å². The highest BCUT2D eigenvalue weighted by Gasteiger charge is 2.13. The molecule has 2 aromatic carbocycles. The minimum atomic E-state index is -0.478. The van der Waals surface area contributed by atoms with E-state index < -0.39 is 4.92 Å². The molecule has 0 unspecified atom stereocenters. The van der Waals surface area contributed by atoms with E-state index in [0.29, 0.717) is 22.6 Å². The van der Waals surface area contributed by atoms with Crippen LogP contribution in [0.2, 0.25) is 0 Å². The fourth-order valence-corrected chi connectivity index (χ4v) is 2.37. The van der Waals surface area contributed by atoms with Crippen LogP contribution in [0.25, 0.3) is 17.4 Å². The Bertz CT molecular complexity index is 1030. The third-order valence-electron chi connectivity index (χ3n) is 3.68. The van der Waals surface area contributed by atoms with Gasteiger partial charge in [0.05, 0.1) is 4.92 Å². The monoisotopic (exact) mass is 344 g/mol. The van der Waals surface area contributed by atoms with E-state index in [1.807, 2.05) is 6.07 Å². The van der Waals surface area contributed by atoms with Gasteiger partial charge in [0, 0.05) is 29.3 Å². The molecular formula is C20H12N2O4. The van der Waals surface area contributed by atoms with Gasteiger partial charge in [-0.2, -0.15) is 5.26 Å². The third-order valence-corrected chi connectivity index (χ3v) is 3.68. The van der Waals surface area contributed by atoms with Gasteiger partial charge in [0.15, 0.2) is 0 Å². The van der Waals surface area contributed by atoms with Gasteiger partial charge in [-0.15, -0.1) is 0 Å². The number of nitro groups is 1. The summed E-state index contributed by atoms with van der Waals surface area (Å²) in [6.45, 7) is 0. The zero-order valence-corrected chi connectivity index (χ0v) is 13.5. The zero-order valence-electron chi connectivity index (χ0n) is 13.5. The lowest BCUT2D eigenvalue weighted by molar-refractivity contribution is -0.384. The Morgan fingerprint density at radius 1 is 1.04 bits per heavy atom. The third kappa shape index (κ3) is 3.57. The number of ketones is 1. The molecule has 0 radical (unpaired) electrons. The number of furan rings is 1. The van der Waals surface area contributed by atoms with Crippen LogP contribution in [-0.2, 0) is 0 Å². The average molecular weight is 344 g/mol. The molecule has 0 atom stereocenters. The van der Waals surface area contributed by atoms with E-state index in [4.69, 9.17) is 4.42 Å². The molecule has 0 N–H and O–H groups in total. The van der Waals surface area contributed by atoms with Crippen molar-refractivity contribution in [1.82, 2.24) is 0 Å². The van der Waals surface area contributed by atoms with Crippen LogP contribution in [0, 0.1) is 21.4 Å². The van der Waals surface area contributed by atoms with E-state index in [-0.39, 0.29) is 17.0 Å². The minimum absolute atomic E-state index is 0.0133. The van der Waals surface area contributed by atoms with E-state index >= 15 is 0 Å². The van der Waals surface area contributed by atoms with E-state index in [9.17, 15) is 20.2 Å². The lowest BCUT2D eigenvalue weighted by atomic mass is 10.0. The molecule has 6 nitrogen and oxygen atoms in total. The summed E-state index contributed by atoms with van der Waals surface area (Å²) in [7, 11) is 0. The van der Waals surface area contributed by atoms with Crippen molar-refractivity contribution in [2.75, 3.05) is 0 Å². The van der Waals surface area contributed by atoms with Gasteiger partial charge in [-0.05, 0) is 24.3 Å². The highest BCUT2D eigenvalue weighted by atomic mass is 16.6. The number of carbonyl (C=O) groups is 1. The molecule has 0 bridgehead atoms. The Kier molecular flexibility index (Phi) is 4.72. The molecule has 1 aromatic heterocycles. The van der Waals surface area contributed by atoms with Crippen molar-refractivity contribution < 1.29 is 14.1 Å². The second-order valence-electron chi connectivity index (χ2n) is 5.37. The number of hydrogen-bond donors (Lipinski definition) is 0. The zero-order chi connectivity index (χ0) is 18.5. The van der Waals surface area contributed by atoms with Crippen molar-refractivity contribution in [2.24, 2.45) is 0 Å². The summed E-state index contributed by atoms with van der Waals surface area (Å²) in [5.74, 6) is 0.441. The number of allylic oxidation sites excluding steroid dienone is 1. The summed E-state index contributed by atoms with van der Waals surface area (Å²) in [6.07, 6.45) is 1.38. The normalized spacial score (nSPS) is 11.0. The number of nitriles is 1. The van der Waals surface area contributed by atoms with Crippen molar-refractivity contribution in [3.05, 3.63) is 93.7 Å². The summed E-state index contributed by atoms with van der Waals surface area (Å²) in [5, 5.41) is 20.0. The fourth-order valence-electron chi connectivity index (χ4n) is 2.37. The van der Waals surface area contributed by atoms with Crippen molar-refractivity contribution in [3.63, 3.8) is 0 Å². The van der Waals surface area contributed by atoms with E-state index in [2.05, 4.69) is 0 Å². The van der Waals surface area contributed by atoms with Gasteiger partial charge in [0.25, 0.3) is 5.69 Å². The first-order chi connectivity index (χ1) is 12.6. The lowest BCUT2D eigenvalue weighted by Gasteiger charge is -1.98. The molecule has 0 amide bonds. The predicted octanol–water partition coefficient (Wildman–Crippen LogP) is 4.64. The molecule has 0 aliphatic rings. The molecule has 26 heavy (non-hydrogen) atoms. The summed E-state index contributed by atoms with van der Waals surface area (Å²) in [5.41, 5.74) is 1.02. The number of non-ortho nitro benzene ring substituents is 1. The van der Waals surface area contributed by atoms with Crippen molar-refractivity contribution in [3.8, 4) is 17.4 Å². The van der Waals surface area contributed by atoms with E-state index in [1.165, 1.54) is 18.2 Å². The summed E-state index contributed by atoms with van der Waals surface area (Å²) < 4.78 is 5.64. The maximum absolute atomic E-state index is 12.4. The molecular weight excluding hydrogens is 332 g/mol. The van der Waals surface area contributed by atoms with Gasteiger partial charge < -0.3 is 4.42 Å². The molecule has 0 saturated heterocycles. The molecule has 0 aliphatic heterocycles. The minimum Gasteiger partial charge on any atom is -0.457 e. The van der Waals surface area contributed by atoms with Crippen LogP contribution in [0.3, 0.4) is 0 Å². The summed E-state index contributed by atoms with van der Waals surface area (Å²) in [6, 6.07) is 19.6. The molecule has 0 aliphatic carbocycles. The molecule has 0 saturated carbocycles. The van der Waals surface area contributed by atoms with Crippen LogP contribution in [0.4, 0.5) is 5.69 Å². The van der Waals surface area contributed by atoms with Crippen molar-refractivity contribution >= 4 is 17.5 Å². The molecule has 3 rings (SSSR count). The van der Waals surface area contributed by atoms with Gasteiger partial charge in [0.2, 0.25) is 5.78 Å². The number of nitrogens with zero attached hydrogens (tertiary/aromatic N) is 2. The molecule has 6 heteroatoms. The maximum Gasteiger partial charge on any atom is 0.269 e. The maximum atomic E-state index is 12.4. The predicted molar refractivity (Wildman–Crippen MR) is 95.2 cm³/mol. The highest BCUT2D eigenvalue weighted by Crippen LogP contribution is 2.25. The Morgan fingerprint density at radius 2 is 1.73 bits per heavy atom. The molecule has 0 fully saturated rings. The number of rotatable bonds is 5. The molecule has 126 valence electrons. The van der Waals surface area contributed by atoms with Crippen LogP contribution in [0.1, 0.15) is 16.1 Å². The first-order valence-corrected chi connectivity index (χ1v) is 7.64. The Labute approximate surface area is 148 Å². The molecule has 3 aromatic rings. The van der Waals surface area contributed by atoms with Gasteiger partial charge in [-0.1, -0.05) is 30.3 Å². The van der Waals surface area contributed by atoms with Crippen LogP contribution >= 0.6 is 0 Å². The van der Waals surface area contributed by atoms with Gasteiger partial charge >= 0.3 is 0 Å². The average Bonchev–Trinajstić information content (AvgIpc) is 3.15. The summed E-state index contributed by atoms with van der Waals surface area (Å²) >= 11 is 0. The molecule has 1 heterocycles. The van der Waals surface area contributed by atoms with Gasteiger partial charge in [-0.3, -0.25) is 14.9 Å². The standard InChI is InChI=1S/C20H12N2O4/c21-13-16(20(23)15-4-2-1-3-5-15)12-18-10-11-19(26-18)14-6-8-17(9-7-14)22(24)25/h1-12H. The van der Waals surface area contributed by atoms with Crippen LogP contribution in [0.5, 0.6) is 0 Å². The summed E-state index contributed by atoms with van der Waals surface area (Å²) in [4.78, 5) is 22.6. The smallest absolute Gasteiger partial charge is 0.269 e. The lowest BCUT2D eigenvalue weighted by Crippen LogP contribution is -2.01. The second kappa shape index (κ2) is 7.28. The number of benzene rings is 2. The van der Waals surface area contributed by atoms with Gasteiger partial charge in [-0.25, -0.2) is 0 Å². The Hall–Kier alpha value is -3.98. The Balaban J connectivity index is 1.86. The number of hydrogen-bond acceptors (Lipinski definition) is 5. The van der Waals surface area contributed by atoms with Crippen LogP contribution in [-0.4, -0.2) is 10.7 Å². The number of carbonyl (C=O) groups excluding carboxylic acids is 1. The first kappa shape index (κ1) is 16.9. The van der Waals surface area contributed by atoms with Crippen LogP contribution in [0.15, 0.2) is 76.7 Å². The van der Waals surface area contributed by atoms with Crippen molar-refractivity contribution in [1.29, 1.82) is 5.26 Å². The second-order valence-corrected chi connectivity index (χ2v) is 5.37. The largest absolute Gasteiger partial charge is 0.457 e. The van der Waals surface area contributed by atoms with Crippen LogP contribution < -0.4 is 0 Å². The van der Waals surface area contributed by atoms with E-state index in [1.54, 1.807) is 54.6 Å². The number of Topliss-reactive ketones (excluding diaryl/α,β-unsaturated/α-hetero) is 1. The quantitative estimate of drug-likeness (QED) is 0.221.